The molecule has 4 heterocycles. The molecule has 5 aromatic rings. The van der Waals surface area contributed by atoms with Gasteiger partial charge >= 0.3 is 0 Å². The third-order valence-corrected chi connectivity index (χ3v) is 4.99. The third kappa shape index (κ3) is 3.91. The smallest absolute Gasteiger partial charge is 0.211 e. The molecule has 1 aromatic carbocycles. The van der Waals surface area contributed by atoms with E-state index >= 15 is 0 Å². The molecule has 0 spiro atoms. The number of aromatic nitrogens is 6. The lowest BCUT2D eigenvalue weighted by Crippen LogP contribution is -2.02. The van der Waals surface area contributed by atoms with Crippen LogP contribution in [0.4, 0.5) is 11.4 Å². The lowest BCUT2D eigenvalue weighted by molar-refractivity contribution is -0.105. The number of hydrogen-bond acceptors (Lipinski definition) is 6. The van der Waals surface area contributed by atoms with Gasteiger partial charge in [-0.3, -0.25) is 9.78 Å². The zero-order valence-electron chi connectivity index (χ0n) is 17.3. The number of carbonyl (C=O) groups is 1. The fourth-order valence-corrected chi connectivity index (χ4v) is 3.51. The van der Waals surface area contributed by atoms with Gasteiger partial charge < -0.3 is 15.6 Å². The number of fused-ring (bicyclic) bond motifs is 1. The molecular formula is C23H20N8O. The van der Waals surface area contributed by atoms with E-state index in [9.17, 15) is 4.79 Å². The van der Waals surface area contributed by atoms with Crippen molar-refractivity contribution < 1.29 is 4.79 Å². The Kier molecular flexibility index (Phi) is 5.04. The molecule has 0 unspecified atom stereocenters. The molecule has 0 aliphatic carbocycles. The minimum atomic E-state index is 0.467. The van der Waals surface area contributed by atoms with Gasteiger partial charge in [0.1, 0.15) is 12.2 Å². The number of amides is 1. The van der Waals surface area contributed by atoms with Crippen LogP contribution in [0, 0.1) is 6.92 Å². The van der Waals surface area contributed by atoms with E-state index in [1.807, 2.05) is 67.7 Å². The molecule has 5 rings (SSSR count). The van der Waals surface area contributed by atoms with Crippen molar-refractivity contribution in [3.8, 4) is 22.6 Å². The molecule has 9 nitrogen and oxygen atoms in total. The predicted molar refractivity (Wildman–Crippen MR) is 122 cm³/mol. The van der Waals surface area contributed by atoms with Crippen molar-refractivity contribution in [1.82, 2.24) is 29.5 Å². The zero-order valence-corrected chi connectivity index (χ0v) is 17.3. The van der Waals surface area contributed by atoms with Gasteiger partial charge in [-0.15, -0.1) is 0 Å². The Morgan fingerprint density at radius 3 is 2.81 bits per heavy atom. The number of nitrogens with one attached hydrogen (secondary N) is 3. The highest BCUT2D eigenvalue weighted by Crippen LogP contribution is 2.29. The molecule has 0 aliphatic rings. The molecule has 0 saturated heterocycles. The quantitative estimate of drug-likeness (QED) is 0.344. The highest BCUT2D eigenvalue weighted by atomic mass is 16.1. The molecule has 32 heavy (non-hydrogen) atoms. The van der Waals surface area contributed by atoms with Gasteiger partial charge in [0.25, 0.3) is 0 Å². The molecule has 0 radical (unpaired) electrons. The van der Waals surface area contributed by atoms with Crippen LogP contribution in [-0.4, -0.2) is 36.0 Å². The lowest BCUT2D eigenvalue weighted by atomic mass is 10.1. The number of benzene rings is 1. The van der Waals surface area contributed by atoms with Crippen molar-refractivity contribution in [2.45, 2.75) is 13.5 Å². The van der Waals surface area contributed by atoms with E-state index in [-0.39, 0.29) is 0 Å². The first-order chi connectivity index (χ1) is 15.7. The van der Waals surface area contributed by atoms with Crippen LogP contribution in [0.5, 0.6) is 0 Å². The summed E-state index contributed by atoms with van der Waals surface area (Å²) in [4.78, 5) is 27.9. The number of H-pyrrole nitrogens is 1. The Labute approximate surface area is 183 Å². The van der Waals surface area contributed by atoms with Gasteiger partial charge in [0, 0.05) is 28.8 Å². The maximum atomic E-state index is 10.7. The first-order valence-corrected chi connectivity index (χ1v) is 10.1. The van der Waals surface area contributed by atoms with Gasteiger partial charge in [-0.05, 0) is 49.4 Å². The Bertz CT molecular complexity index is 1400. The van der Waals surface area contributed by atoms with Crippen molar-refractivity contribution in [2.24, 2.45) is 0 Å². The van der Waals surface area contributed by atoms with Crippen LogP contribution < -0.4 is 10.6 Å². The van der Waals surface area contributed by atoms with Crippen LogP contribution >= 0.6 is 0 Å². The van der Waals surface area contributed by atoms with Gasteiger partial charge in [0.15, 0.2) is 5.65 Å². The maximum absolute atomic E-state index is 10.7. The van der Waals surface area contributed by atoms with Crippen LogP contribution in [0.2, 0.25) is 0 Å². The number of pyridine rings is 2. The minimum absolute atomic E-state index is 0.467. The standard InChI is InChI=1S/C23H20N8O/c1-15-4-2-7-19(28-15)23-22(16-8-9-21-25-13-27-31(21)12-16)29-20(30-23)11-24-17-5-3-6-18(10-17)26-14-32/h2-10,12-14,24H,11H2,1H3,(H,26,32)(H,29,30). The maximum Gasteiger partial charge on any atom is 0.211 e. The van der Waals surface area contributed by atoms with Crippen LogP contribution in [0.25, 0.3) is 28.3 Å². The van der Waals surface area contributed by atoms with Crippen LogP contribution in [0.15, 0.2) is 67.1 Å². The molecular weight excluding hydrogens is 404 g/mol. The highest BCUT2D eigenvalue weighted by Gasteiger charge is 2.16. The summed E-state index contributed by atoms with van der Waals surface area (Å²) in [7, 11) is 0. The van der Waals surface area contributed by atoms with E-state index in [0.29, 0.717) is 13.0 Å². The van der Waals surface area contributed by atoms with E-state index in [0.717, 1.165) is 51.2 Å². The number of aryl methyl sites for hydroxylation is 1. The number of imidazole rings is 1. The Hall–Kier alpha value is -4.53. The number of aromatic amines is 1. The minimum Gasteiger partial charge on any atom is -0.378 e. The Balaban J connectivity index is 1.50. The summed E-state index contributed by atoms with van der Waals surface area (Å²) in [5.74, 6) is 0.755. The summed E-state index contributed by atoms with van der Waals surface area (Å²) in [6.07, 6.45) is 4.09. The number of rotatable bonds is 7. The summed E-state index contributed by atoms with van der Waals surface area (Å²) < 4.78 is 1.72. The molecule has 0 aliphatic heterocycles. The molecule has 9 heteroatoms. The van der Waals surface area contributed by atoms with Crippen molar-refractivity contribution >= 4 is 23.4 Å². The molecule has 0 atom stereocenters. The van der Waals surface area contributed by atoms with E-state index in [1.165, 1.54) is 6.33 Å². The van der Waals surface area contributed by atoms with Crippen LogP contribution in [0.3, 0.4) is 0 Å². The van der Waals surface area contributed by atoms with E-state index in [1.54, 1.807) is 4.52 Å². The second-order valence-corrected chi connectivity index (χ2v) is 7.25. The SMILES string of the molecule is Cc1cccc(-c2[nH]c(CNc3cccc(NC=O)c3)nc2-c2ccc3ncnn3c2)n1. The second-order valence-electron chi connectivity index (χ2n) is 7.25. The monoisotopic (exact) mass is 424 g/mol. The topological polar surface area (TPSA) is 113 Å². The molecule has 0 saturated carbocycles. The number of nitrogens with zero attached hydrogens (tertiary/aromatic N) is 5. The summed E-state index contributed by atoms with van der Waals surface area (Å²) >= 11 is 0. The summed E-state index contributed by atoms with van der Waals surface area (Å²) in [6, 6.07) is 17.3. The Morgan fingerprint density at radius 2 is 1.94 bits per heavy atom. The van der Waals surface area contributed by atoms with Gasteiger partial charge in [0.2, 0.25) is 6.41 Å². The largest absolute Gasteiger partial charge is 0.378 e. The van der Waals surface area contributed by atoms with E-state index in [4.69, 9.17) is 4.98 Å². The van der Waals surface area contributed by atoms with E-state index in [2.05, 4.69) is 30.7 Å². The Morgan fingerprint density at radius 1 is 1.06 bits per heavy atom. The predicted octanol–water partition coefficient (Wildman–Crippen LogP) is 3.67. The molecule has 1 amide bonds. The molecule has 0 fully saturated rings. The van der Waals surface area contributed by atoms with Crippen molar-refractivity contribution in [2.75, 3.05) is 10.6 Å². The highest BCUT2D eigenvalue weighted by molar-refractivity contribution is 5.77. The summed E-state index contributed by atoms with van der Waals surface area (Å²) in [6.45, 7) is 2.43. The molecule has 0 bridgehead atoms. The van der Waals surface area contributed by atoms with Crippen molar-refractivity contribution in [1.29, 1.82) is 0 Å². The first-order valence-electron chi connectivity index (χ1n) is 10.1. The van der Waals surface area contributed by atoms with Crippen LogP contribution in [0.1, 0.15) is 11.5 Å². The molecule has 3 N–H and O–H groups in total. The fourth-order valence-electron chi connectivity index (χ4n) is 3.51. The number of anilines is 2. The van der Waals surface area contributed by atoms with Gasteiger partial charge in [-0.2, -0.15) is 5.10 Å². The average Bonchev–Trinajstić information content (AvgIpc) is 3.45. The molecule has 158 valence electrons. The number of hydrogen-bond donors (Lipinski definition) is 3. The average molecular weight is 424 g/mol. The van der Waals surface area contributed by atoms with Gasteiger partial charge in [-0.1, -0.05) is 12.1 Å². The fraction of sp³-hybridized carbons (Fsp3) is 0.0870. The number of carbonyl (C=O) groups excluding carboxylic acids is 1. The van der Waals surface area contributed by atoms with Gasteiger partial charge in [0.05, 0.1) is 23.6 Å². The molecule has 4 aromatic heterocycles. The van der Waals surface area contributed by atoms with E-state index < -0.39 is 0 Å². The van der Waals surface area contributed by atoms with Gasteiger partial charge in [-0.25, -0.2) is 14.5 Å². The lowest BCUT2D eigenvalue weighted by Gasteiger charge is -2.06. The first kappa shape index (κ1) is 19.4. The summed E-state index contributed by atoms with van der Waals surface area (Å²) in [5.41, 5.74) is 6.62. The van der Waals surface area contributed by atoms with Crippen molar-refractivity contribution in [3.05, 3.63) is 78.6 Å². The van der Waals surface area contributed by atoms with Crippen molar-refractivity contribution in [3.63, 3.8) is 0 Å². The normalized spacial score (nSPS) is 10.9. The third-order valence-electron chi connectivity index (χ3n) is 4.99. The zero-order chi connectivity index (χ0) is 21.9. The van der Waals surface area contributed by atoms with Crippen LogP contribution in [-0.2, 0) is 11.3 Å². The summed E-state index contributed by atoms with van der Waals surface area (Å²) in [5, 5.41) is 10.2. The second kappa shape index (κ2) is 8.31.